The van der Waals surface area contributed by atoms with Gasteiger partial charge in [-0.1, -0.05) is 12.1 Å². The molecular formula is C15H15FN2O. The minimum atomic E-state index is -0.458. The molecule has 1 amide bonds. The summed E-state index contributed by atoms with van der Waals surface area (Å²) in [6.45, 7) is 3.64. The number of nitrogens with one attached hydrogen (secondary N) is 1. The summed E-state index contributed by atoms with van der Waals surface area (Å²) in [5.41, 5.74) is 8.44. The molecule has 98 valence electrons. The maximum atomic E-state index is 13.6. The van der Waals surface area contributed by atoms with Crippen LogP contribution in [0.1, 0.15) is 21.5 Å². The molecule has 0 atom stereocenters. The molecule has 0 unspecified atom stereocenters. The van der Waals surface area contributed by atoms with E-state index in [1.165, 1.54) is 6.07 Å². The topological polar surface area (TPSA) is 55.1 Å². The van der Waals surface area contributed by atoms with E-state index in [1.807, 2.05) is 6.92 Å². The molecule has 0 aliphatic heterocycles. The van der Waals surface area contributed by atoms with E-state index in [1.54, 1.807) is 37.3 Å². The van der Waals surface area contributed by atoms with Gasteiger partial charge in [-0.15, -0.1) is 0 Å². The number of nitrogen functional groups attached to an aromatic ring is 1. The van der Waals surface area contributed by atoms with Gasteiger partial charge in [0, 0.05) is 11.3 Å². The number of halogens is 1. The van der Waals surface area contributed by atoms with E-state index in [4.69, 9.17) is 5.73 Å². The molecule has 0 spiro atoms. The number of hydrogen-bond acceptors (Lipinski definition) is 2. The zero-order chi connectivity index (χ0) is 14.0. The van der Waals surface area contributed by atoms with Crippen LogP contribution >= 0.6 is 0 Å². The van der Waals surface area contributed by atoms with Crippen molar-refractivity contribution < 1.29 is 9.18 Å². The number of aryl methyl sites for hydroxylation is 2. The Kier molecular flexibility index (Phi) is 3.51. The van der Waals surface area contributed by atoms with Crippen LogP contribution in [0.4, 0.5) is 15.8 Å². The molecule has 0 saturated carbocycles. The Morgan fingerprint density at radius 1 is 1.16 bits per heavy atom. The minimum absolute atomic E-state index is 0.173. The third-order valence-electron chi connectivity index (χ3n) is 2.88. The fourth-order valence-corrected chi connectivity index (χ4v) is 1.81. The molecule has 2 aromatic carbocycles. The summed E-state index contributed by atoms with van der Waals surface area (Å²) in [7, 11) is 0. The van der Waals surface area contributed by atoms with Gasteiger partial charge in [0.1, 0.15) is 5.82 Å². The summed E-state index contributed by atoms with van der Waals surface area (Å²) in [6, 6.07) is 9.64. The third kappa shape index (κ3) is 2.91. The molecule has 3 N–H and O–H groups in total. The Bertz CT molecular complexity index is 638. The Hall–Kier alpha value is -2.36. The summed E-state index contributed by atoms with van der Waals surface area (Å²) in [6.07, 6.45) is 0. The van der Waals surface area contributed by atoms with E-state index in [0.717, 1.165) is 11.1 Å². The van der Waals surface area contributed by atoms with Gasteiger partial charge in [0.25, 0.3) is 5.91 Å². The maximum absolute atomic E-state index is 13.6. The van der Waals surface area contributed by atoms with Crippen molar-refractivity contribution in [1.29, 1.82) is 0 Å². The van der Waals surface area contributed by atoms with Crippen LogP contribution in [0.5, 0.6) is 0 Å². The first kappa shape index (κ1) is 13.1. The second-order valence-corrected chi connectivity index (χ2v) is 4.51. The van der Waals surface area contributed by atoms with Crippen molar-refractivity contribution in [3.05, 3.63) is 58.9 Å². The second-order valence-electron chi connectivity index (χ2n) is 4.51. The lowest BCUT2D eigenvalue weighted by atomic mass is 10.1. The molecule has 0 aromatic heterocycles. The zero-order valence-electron chi connectivity index (χ0n) is 10.8. The zero-order valence-corrected chi connectivity index (χ0v) is 10.8. The highest BCUT2D eigenvalue weighted by atomic mass is 19.1. The number of rotatable bonds is 2. The van der Waals surface area contributed by atoms with Gasteiger partial charge in [-0.2, -0.15) is 0 Å². The molecule has 2 aromatic rings. The normalized spacial score (nSPS) is 10.3. The van der Waals surface area contributed by atoms with Crippen LogP contribution in [-0.4, -0.2) is 5.91 Å². The number of anilines is 2. The van der Waals surface area contributed by atoms with Crippen LogP contribution < -0.4 is 11.1 Å². The smallest absolute Gasteiger partial charge is 0.256 e. The summed E-state index contributed by atoms with van der Waals surface area (Å²) in [5, 5.41) is 2.57. The van der Waals surface area contributed by atoms with Crippen LogP contribution in [0.3, 0.4) is 0 Å². The third-order valence-corrected chi connectivity index (χ3v) is 2.88. The van der Waals surface area contributed by atoms with Gasteiger partial charge in [-0.05, 0) is 49.2 Å². The first-order chi connectivity index (χ1) is 8.97. The standard InChI is InChI=1S/C15H15FN2O/c1-9-3-6-13(16)14(7-9)18-15(19)12-8-11(17)5-4-10(12)2/h3-8H,17H2,1-2H3,(H,18,19). The van der Waals surface area contributed by atoms with E-state index >= 15 is 0 Å². The fraction of sp³-hybridized carbons (Fsp3) is 0.133. The van der Waals surface area contributed by atoms with Crippen molar-refractivity contribution in [2.45, 2.75) is 13.8 Å². The van der Waals surface area contributed by atoms with Crippen LogP contribution in [-0.2, 0) is 0 Å². The quantitative estimate of drug-likeness (QED) is 0.812. The number of benzene rings is 2. The molecule has 2 rings (SSSR count). The highest BCUT2D eigenvalue weighted by Gasteiger charge is 2.12. The van der Waals surface area contributed by atoms with E-state index in [0.29, 0.717) is 11.3 Å². The molecule has 0 fully saturated rings. The van der Waals surface area contributed by atoms with Crippen molar-refractivity contribution in [1.82, 2.24) is 0 Å². The van der Waals surface area contributed by atoms with E-state index in [-0.39, 0.29) is 11.6 Å². The Labute approximate surface area is 111 Å². The summed E-state index contributed by atoms with van der Waals surface area (Å²) in [5.74, 6) is -0.824. The Morgan fingerprint density at radius 3 is 2.63 bits per heavy atom. The number of carbonyl (C=O) groups is 1. The van der Waals surface area contributed by atoms with Crippen LogP contribution in [0.2, 0.25) is 0 Å². The number of amides is 1. The van der Waals surface area contributed by atoms with E-state index < -0.39 is 5.82 Å². The summed E-state index contributed by atoms with van der Waals surface area (Å²) >= 11 is 0. The average molecular weight is 258 g/mol. The maximum Gasteiger partial charge on any atom is 0.256 e. The number of carbonyl (C=O) groups excluding carboxylic acids is 1. The lowest BCUT2D eigenvalue weighted by Gasteiger charge is -2.10. The molecule has 0 bridgehead atoms. The van der Waals surface area contributed by atoms with Crippen molar-refractivity contribution in [3.8, 4) is 0 Å². The van der Waals surface area contributed by atoms with Gasteiger partial charge in [-0.25, -0.2) is 4.39 Å². The van der Waals surface area contributed by atoms with Crippen molar-refractivity contribution in [2.24, 2.45) is 0 Å². The predicted octanol–water partition coefficient (Wildman–Crippen LogP) is 3.28. The molecule has 3 nitrogen and oxygen atoms in total. The molecule has 4 heteroatoms. The first-order valence-electron chi connectivity index (χ1n) is 5.91. The van der Waals surface area contributed by atoms with Gasteiger partial charge < -0.3 is 11.1 Å². The molecule has 0 aliphatic carbocycles. The minimum Gasteiger partial charge on any atom is -0.399 e. The highest BCUT2D eigenvalue weighted by Crippen LogP contribution is 2.19. The molecule has 19 heavy (non-hydrogen) atoms. The van der Waals surface area contributed by atoms with Gasteiger partial charge in [0.15, 0.2) is 0 Å². The van der Waals surface area contributed by atoms with E-state index in [9.17, 15) is 9.18 Å². The molecule has 0 saturated heterocycles. The van der Waals surface area contributed by atoms with Crippen molar-refractivity contribution in [2.75, 3.05) is 11.1 Å². The van der Waals surface area contributed by atoms with Crippen LogP contribution in [0.25, 0.3) is 0 Å². The summed E-state index contributed by atoms with van der Waals surface area (Å²) < 4.78 is 13.6. The number of nitrogens with two attached hydrogens (primary N) is 1. The molecule has 0 heterocycles. The summed E-state index contributed by atoms with van der Waals surface area (Å²) in [4.78, 5) is 12.1. The van der Waals surface area contributed by atoms with Gasteiger partial charge in [-0.3, -0.25) is 4.79 Å². The monoisotopic (exact) mass is 258 g/mol. The first-order valence-corrected chi connectivity index (χ1v) is 5.91. The van der Waals surface area contributed by atoms with Crippen molar-refractivity contribution >= 4 is 17.3 Å². The Balaban J connectivity index is 2.30. The molecule has 0 radical (unpaired) electrons. The second kappa shape index (κ2) is 5.10. The largest absolute Gasteiger partial charge is 0.399 e. The van der Waals surface area contributed by atoms with Crippen LogP contribution in [0, 0.1) is 19.7 Å². The van der Waals surface area contributed by atoms with Crippen molar-refractivity contribution in [3.63, 3.8) is 0 Å². The van der Waals surface area contributed by atoms with Gasteiger partial charge in [0.2, 0.25) is 0 Å². The average Bonchev–Trinajstić information content (AvgIpc) is 2.36. The van der Waals surface area contributed by atoms with E-state index in [2.05, 4.69) is 5.32 Å². The van der Waals surface area contributed by atoms with Gasteiger partial charge >= 0.3 is 0 Å². The SMILES string of the molecule is Cc1ccc(F)c(NC(=O)c2cc(N)ccc2C)c1. The highest BCUT2D eigenvalue weighted by molar-refractivity contribution is 6.05. The molecular weight excluding hydrogens is 243 g/mol. The molecule has 0 aliphatic rings. The number of hydrogen-bond donors (Lipinski definition) is 2. The fourth-order valence-electron chi connectivity index (χ4n) is 1.81. The lowest BCUT2D eigenvalue weighted by molar-refractivity contribution is 0.102. The van der Waals surface area contributed by atoms with Crippen LogP contribution in [0.15, 0.2) is 36.4 Å². The predicted molar refractivity (Wildman–Crippen MR) is 74.7 cm³/mol. The lowest BCUT2D eigenvalue weighted by Crippen LogP contribution is -2.14. The Morgan fingerprint density at radius 2 is 1.89 bits per heavy atom. The van der Waals surface area contributed by atoms with Gasteiger partial charge in [0.05, 0.1) is 5.69 Å².